The van der Waals surface area contributed by atoms with Crippen molar-refractivity contribution in [2.24, 2.45) is 0 Å². The van der Waals surface area contributed by atoms with Crippen molar-refractivity contribution in [3.63, 3.8) is 0 Å². The van der Waals surface area contributed by atoms with Gasteiger partial charge in [0.15, 0.2) is 5.11 Å². The van der Waals surface area contributed by atoms with E-state index < -0.39 is 17.7 Å². The Hall–Kier alpha value is -2.80. The molecule has 0 atom stereocenters. The molecule has 23 heavy (non-hydrogen) atoms. The van der Waals surface area contributed by atoms with E-state index in [1.807, 2.05) is 0 Å². The van der Waals surface area contributed by atoms with Crippen LogP contribution in [0.2, 0.25) is 0 Å². The lowest BCUT2D eigenvalue weighted by Crippen LogP contribution is -2.34. The minimum Gasteiger partial charge on any atom is -0.545 e. The molecule has 1 amide bonds. The topological polar surface area (TPSA) is 81.3 Å². The maximum Gasteiger partial charge on any atom is 0.257 e. The van der Waals surface area contributed by atoms with Crippen molar-refractivity contribution < 1.29 is 19.1 Å². The van der Waals surface area contributed by atoms with E-state index in [0.717, 1.165) is 5.56 Å². The summed E-state index contributed by atoms with van der Waals surface area (Å²) < 4.78 is 12.8. The van der Waals surface area contributed by atoms with Gasteiger partial charge < -0.3 is 15.2 Å². The number of carboxylic acid groups (broad SMARTS) is 1. The highest BCUT2D eigenvalue weighted by Gasteiger charge is 2.09. The fraction of sp³-hybridized carbons (Fsp3) is 0.0625. The summed E-state index contributed by atoms with van der Waals surface area (Å²) in [5.41, 5.74) is 1.42. The van der Waals surface area contributed by atoms with E-state index in [0.29, 0.717) is 5.69 Å². The van der Waals surface area contributed by atoms with Gasteiger partial charge in [0.1, 0.15) is 5.82 Å². The number of halogens is 1. The van der Waals surface area contributed by atoms with Gasteiger partial charge in [-0.1, -0.05) is 12.1 Å². The molecule has 0 unspecified atom stereocenters. The van der Waals surface area contributed by atoms with Crippen LogP contribution in [0.15, 0.2) is 42.5 Å². The van der Waals surface area contributed by atoms with E-state index in [9.17, 15) is 19.1 Å². The highest BCUT2D eigenvalue weighted by Crippen LogP contribution is 2.16. The number of amides is 1. The van der Waals surface area contributed by atoms with Gasteiger partial charge in [-0.15, -0.1) is 0 Å². The molecule has 0 aliphatic rings. The first-order chi connectivity index (χ1) is 10.9. The number of aromatic carboxylic acids is 1. The second-order valence-corrected chi connectivity index (χ2v) is 5.14. The van der Waals surface area contributed by atoms with Crippen LogP contribution in [-0.2, 0) is 0 Å². The first-order valence-corrected chi connectivity index (χ1v) is 6.97. The summed E-state index contributed by atoms with van der Waals surface area (Å²) in [6.45, 7) is 1.76. The molecule has 2 rings (SSSR count). The molecule has 118 valence electrons. The fourth-order valence-corrected chi connectivity index (χ4v) is 2.02. The molecule has 0 aromatic heterocycles. The number of anilines is 1. The van der Waals surface area contributed by atoms with Crippen LogP contribution in [0.5, 0.6) is 0 Å². The number of hydrogen-bond donors (Lipinski definition) is 2. The van der Waals surface area contributed by atoms with Gasteiger partial charge in [-0.3, -0.25) is 10.1 Å². The summed E-state index contributed by atoms with van der Waals surface area (Å²) in [7, 11) is 0. The molecule has 0 spiro atoms. The molecule has 0 fully saturated rings. The number of hydrogen-bond acceptors (Lipinski definition) is 4. The van der Waals surface area contributed by atoms with Gasteiger partial charge in [0.2, 0.25) is 0 Å². The van der Waals surface area contributed by atoms with E-state index >= 15 is 0 Å². The maximum atomic E-state index is 12.8. The lowest BCUT2D eigenvalue weighted by molar-refractivity contribution is -0.255. The second kappa shape index (κ2) is 6.97. The zero-order valence-electron chi connectivity index (χ0n) is 12.1. The molecule has 0 heterocycles. The summed E-state index contributed by atoms with van der Waals surface area (Å²) in [6, 6.07) is 9.36. The average Bonchev–Trinajstić information content (AvgIpc) is 2.49. The molecule has 0 aliphatic heterocycles. The molecular formula is C16H12FN2O3S-. The Morgan fingerprint density at radius 3 is 2.30 bits per heavy atom. The highest BCUT2D eigenvalue weighted by atomic mass is 32.1. The lowest BCUT2D eigenvalue weighted by atomic mass is 10.1. The SMILES string of the molecule is Cc1ccc(C(=O)[O-])cc1NC(=S)NC(=O)c1ccc(F)cc1. The normalized spacial score (nSPS) is 10.0. The van der Waals surface area contributed by atoms with Gasteiger partial charge in [-0.2, -0.15) is 0 Å². The third kappa shape index (κ3) is 4.33. The molecule has 0 saturated heterocycles. The number of carbonyl (C=O) groups excluding carboxylic acids is 2. The number of thiocarbonyl (C=S) groups is 1. The summed E-state index contributed by atoms with van der Waals surface area (Å²) in [6.07, 6.45) is 0. The molecule has 2 aromatic carbocycles. The van der Waals surface area contributed by atoms with E-state index in [-0.39, 0.29) is 16.2 Å². The summed E-state index contributed by atoms with van der Waals surface area (Å²) in [4.78, 5) is 22.8. The van der Waals surface area contributed by atoms with Crippen LogP contribution in [0, 0.1) is 12.7 Å². The predicted octanol–water partition coefficient (Wildman–Crippen LogP) is 1.62. The Bertz CT molecular complexity index is 775. The zero-order chi connectivity index (χ0) is 17.0. The molecule has 0 aliphatic carbocycles. The van der Waals surface area contributed by atoms with Crippen molar-refractivity contribution in [1.29, 1.82) is 0 Å². The minimum absolute atomic E-state index is 0.00192. The molecule has 7 heteroatoms. The van der Waals surface area contributed by atoms with Crippen LogP contribution in [0.1, 0.15) is 26.3 Å². The van der Waals surface area contributed by atoms with Crippen molar-refractivity contribution in [1.82, 2.24) is 5.32 Å². The molecule has 0 radical (unpaired) electrons. The summed E-state index contributed by atoms with van der Waals surface area (Å²) in [5.74, 6) is -2.26. The number of aryl methyl sites for hydroxylation is 1. The minimum atomic E-state index is -1.31. The number of benzene rings is 2. The van der Waals surface area contributed by atoms with E-state index in [1.54, 1.807) is 13.0 Å². The van der Waals surface area contributed by atoms with Crippen LogP contribution in [0.4, 0.5) is 10.1 Å². The van der Waals surface area contributed by atoms with Crippen LogP contribution < -0.4 is 15.7 Å². The van der Waals surface area contributed by atoms with Crippen LogP contribution >= 0.6 is 12.2 Å². The number of carboxylic acids is 1. The maximum absolute atomic E-state index is 12.8. The van der Waals surface area contributed by atoms with Crippen molar-refractivity contribution in [2.45, 2.75) is 6.92 Å². The highest BCUT2D eigenvalue weighted by molar-refractivity contribution is 7.80. The van der Waals surface area contributed by atoms with Crippen molar-refractivity contribution in [2.75, 3.05) is 5.32 Å². The molecule has 5 nitrogen and oxygen atoms in total. The number of nitrogens with one attached hydrogen (secondary N) is 2. The van der Waals surface area contributed by atoms with Crippen LogP contribution in [0.25, 0.3) is 0 Å². The Morgan fingerprint density at radius 1 is 1.09 bits per heavy atom. The largest absolute Gasteiger partial charge is 0.545 e. The Balaban J connectivity index is 2.07. The molecule has 0 bridgehead atoms. The lowest BCUT2D eigenvalue weighted by Gasteiger charge is -2.13. The monoisotopic (exact) mass is 331 g/mol. The van der Waals surface area contributed by atoms with Crippen molar-refractivity contribution in [3.05, 3.63) is 65.0 Å². The van der Waals surface area contributed by atoms with E-state index in [4.69, 9.17) is 12.2 Å². The van der Waals surface area contributed by atoms with Gasteiger partial charge in [0, 0.05) is 11.3 Å². The van der Waals surface area contributed by atoms with E-state index in [2.05, 4.69) is 10.6 Å². The Labute approximate surface area is 137 Å². The van der Waals surface area contributed by atoms with Crippen LogP contribution in [-0.4, -0.2) is 17.0 Å². The van der Waals surface area contributed by atoms with Gasteiger partial charge in [0.05, 0.1) is 5.97 Å². The molecule has 0 saturated carbocycles. The Morgan fingerprint density at radius 2 is 1.70 bits per heavy atom. The van der Waals surface area contributed by atoms with Gasteiger partial charge in [0.25, 0.3) is 5.91 Å². The van der Waals surface area contributed by atoms with Crippen molar-refractivity contribution in [3.8, 4) is 0 Å². The number of carbonyl (C=O) groups is 2. The van der Waals surface area contributed by atoms with Gasteiger partial charge >= 0.3 is 0 Å². The smallest absolute Gasteiger partial charge is 0.257 e. The third-order valence-corrected chi connectivity index (χ3v) is 3.26. The molecule has 2 aromatic rings. The quantitative estimate of drug-likeness (QED) is 0.836. The Kier molecular flexibility index (Phi) is 5.02. The standard InChI is InChI=1S/C16H13FN2O3S/c1-9-2-3-11(15(21)22)8-13(9)18-16(23)19-14(20)10-4-6-12(17)7-5-10/h2-8H,1H3,(H,21,22)(H2,18,19,20,23)/p-1. The molecule has 2 N–H and O–H groups in total. The summed E-state index contributed by atoms with van der Waals surface area (Å²) >= 11 is 5.03. The summed E-state index contributed by atoms with van der Waals surface area (Å²) in [5, 5.41) is 16.1. The molecular weight excluding hydrogens is 319 g/mol. The zero-order valence-corrected chi connectivity index (χ0v) is 12.9. The first kappa shape index (κ1) is 16.6. The first-order valence-electron chi connectivity index (χ1n) is 6.56. The van der Waals surface area contributed by atoms with Crippen LogP contribution in [0.3, 0.4) is 0 Å². The van der Waals surface area contributed by atoms with Crippen molar-refractivity contribution >= 4 is 34.9 Å². The fourth-order valence-electron chi connectivity index (χ4n) is 1.81. The third-order valence-electron chi connectivity index (χ3n) is 3.05. The van der Waals surface area contributed by atoms with Gasteiger partial charge in [-0.25, -0.2) is 4.39 Å². The second-order valence-electron chi connectivity index (χ2n) is 4.73. The van der Waals surface area contributed by atoms with E-state index in [1.165, 1.54) is 36.4 Å². The number of rotatable bonds is 3. The average molecular weight is 331 g/mol. The predicted molar refractivity (Wildman–Crippen MR) is 85.6 cm³/mol. The van der Waals surface area contributed by atoms with Gasteiger partial charge in [-0.05, 0) is 60.6 Å².